The third-order valence-electron chi connectivity index (χ3n) is 3.23. The number of nitrogens with zero attached hydrogens (tertiary/aromatic N) is 2. The highest BCUT2D eigenvalue weighted by Crippen LogP contribution is 2.18. The quantitative estimate of drug-likeness (QED) is 0.571. The number of benzene rings is 1. The largest absolute Gasteiger partial charge is 0.360 e. The van der Waals surface area contributed by atoms with E-state index in [-0.39, 0.29) is 5.91 Å². The Balaban J connectivity index is 1.82. The summed E-state index contributed by atoms with van der Waals surface area (Å²) in [6, 6.07) is 11.4. The first-order valence-electron chi connectivity index (χ1n) is 6.57. The first-order chi connectivity index (χ1) is 10.3. The van der Waals surface area contributed by atoms with E-state index in [0.29, 0.717) is 5.56 Å². The van der Waals surface area contributed by atoms with Crippen molar-refractivity contribution >= 4 is 22.5 Å². The molecule has 0 unspecified atom stereocenters. The van der Waals surface area contributed by atoms with Crippen LogP contribution in [0, 0.1) is 0 Å². The molecule has 0 atom stereocenters. The number of H-pyrrole nitrogens is 1. The van der Waals surface area contributed by atoms with Gasteiger partial charge >= 0.3 is 0 Å². The van der Waals surface area contributed by atoms with Gasteiger partial charge in [-0.2, -0.15) is 5.10 Å². The van der Waals surface area contributed by atoms with Crippen LogP contribution >= 0.6 is 0 Å². The van der Waals surface area contributed by atoms with Crippen molar-refractivity contribution in [2.45, 2.75) is 6.92 Å². The first kappa shape index (κ1) is 13.1. The molecule has 21 heavy (non-hydrogen) atoms. The molecule has 3 rings (SSSR count). The Morgan fingerprint density at radius 3 is 2.90 bits per heavy atom. The van der Waals surface area contributed by atoms with Crippen LogP contribution in [-0.4, -0.2) is 21.6 Å². The number of hydrazone groups is 1. The van der Waals surface area contributed by atoms with Crippen molar-refractivity contribution in [3.8, 4) is 0 Å². The minimum atomic E-state index is -0.276. The molecular weight excluding hydrogens is 264 g/mol. The Morgan fingerprint density at radius 2 is 2.10 bits per heavy atom. The third kappa shape index (κ3) is 2.67. The molecule has 0 saturated heterocycles. The number of rotatable bonds is 3. The lowest BCUT2D eigenvalue weighted by Crippen LogP contribution is -2.19. The fourth-order valence-electron chi connectivity index (χ4n) is 2.13. The van der Waals surface area contributed by atoms with Crippen molar-refractivity contribution in [3.63, 3.8) is 0 Å². The lowest BCUT2D eigenvalue weighted by atomic mass is 10.1. The van der Waals surface area contributed by atoms with Gasteiger partial charge in [-0.1, -0.05) is 18.2 Å². The number of pyridine rings is 1. The van der Waals surface area contributed by atoms with E-state index in [1.807, 2.05) is 37.4 Å². The standard InChI is InChI=1S/C16H14N4O/c1-11(14-10-18-15-7-3-2-6-13(14)15)19-20-16(21)12-5-4-8-17-9-12/h2-10,18H,1H3,(H,20,21)/b19-11+. The van der Waals surface area contributed by atoms with Crippen molar-refractivity contribution in [2.75, 3.05) is 0 Å². The molecule has 0 aliphatic heterocycles. The molecule has 2 aromatic heterocycles. The van der Waals surface area contributed by atoms with E-state index in [4.69, 9.17) is 0 Å². The highest BCUT2D eigenvalue weighted by molar-refractivity contribution is 6.10. The lowest BCUT2D eigenvalue weighted by molar-refractivity contribution is 0.0954. The fourth-order valence-corrected chi connectivity index (χ4v) is 2.13. The lowest BCUT2D eigenvalue weighted by Gasteiger charge is -2.01. The normalized spacial score (nSPS) is 11.6. The van der Waals surface area contributed by atoms with Crippen LogP contribution in [0.2, 0.25) is 0 Å². The molecule has 0 bridgehead atoms. The average Bonchev–Trinajstić information content (AvgIpc) is 2.97. The van der Waals surface area contributed by atoms with Gasteiger partial charge in [-0.05, 0) is 25.1 Å². The summed E-state index contributed by atoms with van der Waals surface area (Å²) in [5, 5.41) is 5.24. The van der Waals surface area contributed by atoms with Crippen LogP contribution in [0.3, 0.4) is 0 Å². The van der Waals surface area contributed by atoms with Crippen molar-refractivity contribution in [1.29, 1.82) is 0 Å². The number of aromatic amines is 1. The second kappa shape index (κ2) is 5.58. The number of hydrogen-bond acceptors (Lipinski definition) is 3. The molecule has 0 aliphatic rings. The van der Waals surface area contributed by atoms with Gasteiger partial charge in [0.25, 0.3) is 5.91 Å². The number of aromatic nitrogens is 2. The highest BCUT2D eigenvalue weighted by atomic mass is 16.2. The maximum Gasteiger partial charge on any atom is 0.272 e. The van der Waals surface area contributed by atoms with Gasteiger partial charge in [0.15, 0.2) is 0 Å². The summed E-state index contributed by atoms with van der Waals surface area (Å²) in [7, 11) is 0. The second-order valence-corrected chi connectivity index (χ2v) is 4.63. The highest BCUT2D eigenvalue weighted by Gasteiger charge is 2.07. The zero-order valence-electron chi connectivity index (χ0n) is 11.5. The number of para-hydroxylation sites is 1. The van der Waals surface area contributed by atoms with Crippen LogP contribution in [0.25, 0.3) is 10.9 Å². The summed E-state index contributed by atoms with van der Waals surface area (Å²) in [5.41, 5.74) is 5.78. The fraction of sp³-hybridized carbons (Fsp3) is 0.0625. The molecular formula is C16H14N4O. The van der Waals surface area contributed by atoms with Crippen LogP contribution in [-0.2, 0) is 0 Å². The molecule has 5 nitrogen and oxygen atoms in total. The van der Waals surface area contributed by atoms with Gasteiger partial charge in [-0.15, -0.1) is 0 Å². The third-order valence-corrected chi connectivity index (χ3v) is 3.23. The second-order valence-electron chi connectivity index (χ2n) is 4.63. The summed E-state index contributed by atoms with van der Waals surface area (Å²) in [6.07, 6.45) is 5.02. The van der Waals surface area contributed by atoms with Crippen molar-refractivity contribution < 1.29 is 4.79 Å². The molecule has 1 amide bonds. The predicted octanol–water partition coefficient (Wildman–Crippen LogP) is 2.72. The smallest absolute Gasteiger partial charge is 0.272 e. The van der Waals surface area contributed by atoms with E-state index in [0.717, 1.165) is 22.2 Å². The summed E-state index contributed by atoms with van der Waals surface area (Å²) >= 11 is 0. The molecule has 0 radical (unpaired) electrons. The molecule has 5 heteroatoms. The van der Waals surface area contributed by atoms with Crippen LogP contribution in [0.15, 0.2) is 60.1 Å². The van der Waals surface area contributed by atoms with Gasteiger partial charge in [0, 0.05) is 35.1 Å². The van der Waals surface area contributed by atoms with E-state index in [9.17, 15) is 4.79 Å². The summed E-state index contributed by atoms with van der Waals surface area (Å²) in [4.78, 5) is 19.0. The van der Waals surface area contributed by atoms with Gasteiger partial charge < -0.3 is 4.98 Å². The van der Waals surface area contributed by atoms with Gasteiger partial charge in [-0.3, -0.25) is 9.78 Å². The van der Waals surface area contributed by atoms with Gasteiger partial charge in [0.1, 0.15) is 0 Å². The molecule has 3 aromatic rings. The molecule has 0 aliphatic carbocycles. The summed E-state index contributed by atoms with van der Waals surface area (Å²) in [5.74, 6) is -0.276. The maximum absolute atomic E-state index is 11.9. The number of carbonyl (C=O) groups excluding carboxylic acids is 1. The predicted molar refractivity (Wildman–Crippen MR) is 82.2 cm³/mol. The molecule has 2 N–H and O–H groups in total. The number of fused-ring (bicyclic) bond motifs is 1. The SMILES string of the molecule is C/C(=N\NC(=O)c1cccnc1)c1c[nH]c2ccccc12. The Morgan fingerprint density at radius 1 is 1.24 bits per heavy atom. The first-order valence-corrected chi connectivity index (χ1v) is 6.57. The number of nitrogens with one attached hydrogen (secondary N) is 2. The van der Waals surface area contributed by atoms with Gasteiger partial charge in [0.05, 0.1) is 11.3 Å². The van der Waals surface area contributed by atoms with Crippen LogP contribution in [0.5, 0.6) is 0 Å². The molecule has 0 fully saturated rings. The number of amides is 1. The molecule has 1 aromatic carbocycles. The molecule has 0 spiro atoms. The average molecular weight is 278 g/mol. The molecule has 104 valence electrons. The maximum atomic E-state index is 11.9. The van der Waals surface area contributed by atoms with E-state index < -0.39 is 0 Å². The van der Waals surface area contributed by atoms with E-state index in [1.165, 1.54) is 6.20 Å². The van der Waals surface area contributed by atoms with Crippen LogP contribution < -0.4 is 5.43 Å². The van der Waals surface area contributed by atoms with Gasteiger partial charge in [-0.25, -0.2) is 5.43 Å². The number of carbonyl (C=O) groups is 1. The Hall–Kier alpha value is -2.95. The summed E-state index contributed by atoms with van der Waals surface area (Å²) in [6.45, 7) is 1.86. The van der Waals surface area contributed by atoms with Crippen LogP contribution in [0.4, 0.5) is 0 Å². The van der Waals surface area contributed by atoms with E-state index >= 15 is 0 Å². The molecule has 0 saturated carbocycles. The topological polar surface area (TPSA) is 70.1 Å². The Bertz CT molecular complexity index is 805. The zero-order valence-corrected chi connectivity index (χ0v) is 11.5. The summed E-state index contributed by atoms with van der Waals surface area (Å²) < 4.78 is 0. The van der Waals surface area contributed by atoms with E-state index in [2.05, 4.69) is 20.5 Å². The monoisotopic (exact) mass is 278 g/mol. The van der Waals surface area contributed by atoms with Crippen molar-refractivity contribution in [2.24, 2.45) is 5.10 Å². The Kier molecular flexibility index (Phi) is 3.47. The Labute approximate surface area is 121 Å². The minimum absolute atomic E-state index is 0.276. The van der Waals surface area contributed by atoms with Crippen LogP contribution in [0.1, 0.15) is 22.8 Å². The zero-order chi connectivity index (χ0) is 14.7. The molecule has 2 heterocycles. The van der Waals surface area contributed by atoms with Crippen molar-refractivity contribution in [3.05, 3.63) is 66.1 Å². The van der Waals surface area contributed by atoms with Gasteiger partial charge in [0.2, 0.25) is 0 Å². The van der Waals surface area contributed by atoms with Crippen molar-refractivity contribution in [1.82, 2.24) is 15.4 Å². The van der Waals surface area contributed by atoms with E-state index in [1.54, 1.807) is 18.3 Å². The number of hydrogen-bond donors (Lipinski definition) is 2. The minimum Gasteiger partial charge on any atom is -0.360 e.